The Kier molecular flexibility index (Phi) is 3.18. The molecule has 3 atom stereocenters. The number of hydrogen-bond acceptors (Lipinski definition) is 6. The van der Waals surface area contributed by atoms with Crippen LogP contribution in [0.15, 0.2) is 24.3 Å². The van der Waals surface area contributed by atoms with Crippen LogP contribution in [0, 0.1) is 0 Å². The average molecular weight is 387 g/mol. The van der Waals surface area contributed by atoms with Gasteiger partial charge < -0.3 is 20.5 Å². The SMILES string of the molecule is CC1(O)C(CI)=C[C@@H](n2cnc3c(N)ncnc32)C1O. The fourth-order valence-electron chi connectivity index (χ4n) is 2.49. The highest BCUT2D eigenvalue weighted by molar-refractivity contribution is 14.1. The maximum Gasteiger partial charge on any atom is 0.166 e. The normalized spacial score (nSPS) is 29.9. The van der Waals surface area contributed by atoms with Crippen LogP contribution in [0.4, 0.5) is 5.82 Å². The highest BCUT2D eigenvalue weighted by Crippen LogP contribution is 2.39. The number of alkyl halides is 1. The van der Waals surface area contributed by atoms with E-state index in [-0.39, 0.29) is 0 Å². The molecule has 20 heavy (non-hydrogen) atoms. The molecule has 2 heterocycles. The fourth-order valence-corrected chi connectivity index (χ4v) is 3.52. The molecule has 0 fully saturated rings. The Morgan fingerprint density at radius 1 is 1.45 bits per heavy atom. The lowest BCUT2D eigenvalue weighted by Crippen LogP contribution is -2.41. The number of aromatic nitrogens is 4. The third-order valence-corrected chi connectivity index (χ3v) is 4.60. The zero-order valence-corrected chi connectivity index (χ0v) is 12.9. The number of anilines is 1. The molecule has 0 amide bonds. The molecule has 0 radical (unpaired) electrons. The number of nitrogen functional groups attached to an aromatic ring is 1. The van der Waals surface area contributed by atoms with E-state index in [1.165, 1.54) is 6.33 Å². The predicted octanol–water partition coefficient (Wildman–Crippen LogP) is 0.436. The van der Waals surface area contributed by atoms with Gasteiger partial charge in [-0.25, -0.2) is 15.0 Å². The van der Waals surface area contributed by atoms with Crippen LogP contribution in [0.1, 0.15) is 13.0 Å². The van der Waals surface area contributed by atoms with E-state index >= 15 is 0 Å². The quantitative estimate of drug-likeness (QED) is 0.392. The highest BCUT2D eigenvalue weighted by atomic mass is 127. The van der Waals surface area contributed by atoms with Crippen LogP contribution in [0.2, 0.25) is 0 Å². The topological polar surface area (TPSA) is 110 Å². The van der Waals surface area contributed by atoms with Gasteiger partial charge in [0.2, 0.25) is 0 Å². The Balaban J connectivity index is 2.13. The lowest BCUT2D eigenvalue weighted by atomic mass is 9.96. The van der Waals surface area contributed by atoms with E-state index in [0.717, 1.165) is 5.57 Å². The van der Waals surface area contributed by atoms with Crippen LogP contribution in [0.5, 0.6) is 0 Å². The molecule has 7 nitrogen and oxygen atoms in total. The fraction of sp³-hybridized carbons (Fsp3) is 0.417. The van der Waals surface area contributed by atoms with Gasteiger partial charge in [0.1, 0.15) is 23.5 Å². The van der Waals surface area contributed by atoms with Crippen LogP contribution >= 0.6 is 22.6 Å². The molecule has 1 aliphatic rings. The molecule has 0 aliphatic heterocycles. The summed E-state index contributed by atoms with van der Waals surface area (Å²) in [6, 6.07) is -0.422. The minimum absolute atomic E-state index is 0.297. The molecule has 3 rings (SSSR count). The molecule has 2 aromatic heterocycles. The minimum atomic E-state index is -1.25. The molecule has 8 heteroatoms. The van der Waals surface area contributed by atoms with Gasteiger partial charge in [-0.05, 0) is 12.5 Å². The van der Waals surface area contributed by atoms with Crippen LogP contribution < -0.4 is 5.73 Å². The van der Waals surface area contributed by atoms with Gasteiger partial charge in [0.25, 0.3) is 0 Å². The number of halogens is 1. The summed E-state index contributed by atoms with van der Waals surface area (Å²) in [5.74, 6) is 0.297. The third kappa shape index (κ3) is 1.82. The Labute approximate surface area is 128 Å². The van der Waals surface area contributed by atoms with Gasteiger partial charge in [0.15, 0.2) is 11.5 Å². The van der Waals surface area contributed by atoms with Crippen molar-refractivity contribution >= 4 is 39.6 Å². The molecule has 0 spiro atoms. The van der Waals surface area contributed by atoms with Crippen molar-refractivity contribution in [3.05, 3.63) is 24.3 Å². The lowest BCUT2D eigenvalue weighted by Gasteiger charge is -2.27. The number of rotatable bonds is 2. The number of imidazole rings is 1. The first-order valence-electron chi connectivity index (χ1n) is 6.07. The summed E-state index contributed by atoms with van der Waals surface area (Å²) in [6.07, 6.45) is 3.82. The van der Waals surface area contributed by atoms with Crippen LogP contribution in [-0.2, 0) is 0 Å². The highest BCUT2D eigenvalue weighted by Gasteiger charge is 2.45. The van der Waals surface area contributed by atoms with Crippen molar-refractivity contribution in [1.82, 2.24) is 19.5 Å². The molecule has 1 aliphatic carbocycles. The van der Waals surface area contributed by atoms with E-state index in [1.54, 1.807) is 17.8 Å². The average Bonchev–Trinajstić information content (AvgIpc) is 2.92. The monoisotopic (exact) mass is 387 g/mol. The third-order valence-electron chi connectivity index (χ3n) is 3.77. The smallest absolute Gasteiger partial charge is 0.166 e. The summed E-state index contributed by atoms with van der Waals surface area (Å²) in [5.41, 5.74) is 6.34. The summed E-state index contributed by atoms with van der Waals surface area (Å²) in [5, 5.41) is 20.8. The van der Waals surface area contributed by atoms with E-state index in [9.17, 15) is 10.2 Å². The van der Waals surface area contributed by atoms with Crippen LogP contribution in [-0.4, -0.2) is 45.9 Å². The molecule has 106 valence electrons. The number of aliphatic hydroxyl groups is 2. The largest absolute Gasteiger partial charge is 0.387 e. The van der Waals surface area contributed by atoms with Gasteiger partial charge in [-0.15, -0.1) is 0 Å². The first-order chi connectivity index (χ1) is 9.46. The zero-order valence-electron chi connectivity index (χ0n) is 10.7. The number of nitrogens with two attached hydrogens (primary N) is 1. The van der Waals surface area contributed by atoms with E-state index in [0.29, 0.717) is 21.4 Å². The molecule has 2 aromatic rings. The summed E-state index contributed by atoms with van der Waals surface area (Å²) in [7, 11) is 0. The van der Waals surface area contributed by atoms with Gasteiger partial charge in [0, 0.05) is 4.43 Å². The standard InChI is InChI=1S/C12H14IN5O2/c1-12(20)6(3-13)2-7(9(12)19)18-5-17-8-10(14)15-4-16-11(8)18/h2,4-5,7,9,19-20H,3H2,1H3,(H2,14,15,16)/t7-,9?,12?/m1/s1. The first-order valence-corrected chi connectivity index (χ1v) is 7.60. The summed E-state index contributed by atoms with van der Waals surface area (Å²) in [4.78, 5) is 12.2. The summed E-state index contributed by atoms with van der Waals surface area (Å²) < 4.78 is 2.36. The van der Waals surface area contributed by atoms with Gasteiger partial charge in [-0.2, -0.15) is 0 Å². The summed E-state index contributed by atoms with van der Waals surface area (Å²) >= 11 is 2.17. The van der Waals surface area contributed by atoms with E-state index in [4.69, 9.17) is 5.73 Å². The predicted molar refractivity (Wildman–Crippen MR) is 82.4 cm³/mol. The molecule has 2 unspecified atom stereocenters. The van der Waals surface area contributed by atoms with E-state index in [1.807, 2.05) is 6.08 Å². The van der Waals surface area contributed by atoms with Crippen molar-refractivity contribution in [2.75, 3.05) is 10.2 Å². The molecular formula is C12H14IN5O2. The molecule has 0 saturated carbocycles. The Bertz CT molecular complexity index is 696. The van der Waals surface area contributed by atoms with Crippen molar-refractivity contribution in [2.45, 2.75) is 24.7 Å². The maximum absolute atomic E-state index is 10.4. The number of fused-ring (bicyclic) bond motifs is 1. The minimum Gasteiger partial charge on any atom is -0.387 e. The Morgan fingerprint density at radius 2 is 2.20 bits per heavy atom. The second kappa shape index (κ2) is 4.64. The first kappa shape index (κ1) is 13.7. The number of hydrogen-bond donors (Lipinski definition) is 3. The summed E-state index contributed by atoms with van der Waals surface area (Å²) in [6.45, 7) is 1.62. The number of aliphatic hydroxyl groups excluding tert-OH is 1. The zero-order chi connectivity index (χ0) is 14.5. The number of nitrogens with zero attached hydrogens (tertiary/aromatic N) is 4. The van der Waals surface area contributed by atoms with Crippen molar-refractivity contribution in [3.63, 3.8) is 0 Å². The van der Waals surface area contributed by atoms with Gasteiger partial charge >= 0.3 is 0 Å². The second-order valence-electron chi connectivity index (χ2n) is 4.99. The van der Waals surface area contributed by atoms with E-state index in [2.05, 4.69) is 37.5 Å². The molecule has 0 aromatic carbocycles. The van der Waals surface area contributed by atoms with E-state index < -0.39 is 17.7 Å². The molecule has 0 bridgehead atoms. The van der Waals surface area contributed by atoms with Crippen molar-refractivity contribution in [3.8, 4) is 0 Å². The van der Waals surface area contributed by atoms with Gasteiger partial charge in [-0.1, -0.05) is 28.7 Å². The molecule has 4 N–H and O–H groups in total. The van der Waals surface area contributed by atoms with Crippen LogP contribution in [0.3, 0.4) is 0 Å². The second-order valence-corrected chi connectivity index (χ2v) is 5.75. The molecule has 0 saturated heterocycles. The van der Waals surface area contributed by atoms with Crippen molar-refractivity contribution in [1.29, 1.82) is 0 Å². The van der Waals surface area contributed by atoms with Gasteiger partial charge in [-0.3, -0.25) is 0 Å². The van der Waals surface area contributed by atoms with Crippen molar-refractivity contribution in [2.24, 2.45) is 0 Å². The Morgan fingerprint density at radius 3 is 2.85 bits per heavy atom. The van der Waals surface area contributed by atoms with Gasteiger partial charge in [0.05, 0.1) is 12.4 Å². The van der Waals surface area contributed by atoms with Crippen molar-refractivity contribution < 1.29 is 10.2 Å². The lowest BCUT2D eigenvalue weighted by molar-refractivity contribution is -0.0373. The van der Waals surface area contributed by atoms with Crippen LogP contribution in [0.25, 0.3) is 11.2 Å². The molecular weight excluding hydrogens is 373 g/mol. The maximum atomic E-state index is 10.4. The Hall–Kier alpha value is -1.26.